The van der Waals surface area contributed by atoms with Gasteiger partial charge in [0, 0.05) is 12.7 Å². The smallest absolute Gasteiger partial charge is 0.269 e. The summed E-state index contributed by atoms with van der Waals surface area (Å²) in [5.74, 6) is 0.135. The van der Waals surface area contributed by atoms with Crippen molar-refractivity contribution in [1.29, 1.82) is 0 Å². The highest BCUT2D eigenvalue weighted by Gasteiger charge is 2.07. The maximum atomic E-state index is 11.2. The number of carbonyl (C=O) groups is 1. The van der Waals surface area contributed by atoms with Crippen LogP contribution in [0.25, 0.3) is 0 Å². The molecule has 0 saturated carbocycles. The van der Waals surface area contributed by atoms with Crippen molar-refractivity contribution in [2.45, 2.75) is 19.8 Å². The zero-order valence-corrected chi connectivity index (χ0v) is 8.03. The number of hydrogen-bond acceptors (Lipinski definition) is 3. The number of aromatic nitrogens is 2. The van der Waals surface area contributed by atoms with Gasteiger partial charge in [0.15, 0.2) is 0 Å². The van der Waals surface area contributed by atoms with Gasteiger partial charge in [-0.3, -0.25) is 4.79 Å². The molecule has 0 aliphatic carbocycles. The van der Waals surface area contributed by atoms with Crippen molar-refractivity contribution in [1.82, 2.24) is 15.3 Å². The fraction of sp³-hybridized carbons (Fsp3) is 0.444. The monoisotopic (exact) mass is 179 g/mol. The normalized spacial score (nSPS) is 10.2. The predicted molar refractivity (Wildman–Crippen MR) is 49.5 cm³/mol. The third-order valence-corrected chi connectivity index (χ3v) is 1.74. The number of nitrogens with one attached hydrogen (secondary N) is 1. The number of hydrogen-bond donors (Lipinski definition) is 1. The minimum absolute atomic E-state index is 0.177. The lowest BCUT2D eigenvalue weighted by atomic mass is 10.1. The van der Waals surface area contributed by atoms with Crippen molar-refractivity contribution in [2.75, 3.05) is 7.05 Å². The van der Waals surface area contributed by atoms with Gasteiger partial charge in [0.1, 0.15) is 12.0 Å². The molecule has 1 amide bonds. The SMILES string of the molecule is CNC(=O)c1cc(C(C)C)ncn1. The van der Waals surface area contributed by atoms with E-state index in [1.165, 1.54) is 6.33 Å². The largest absolute Gasteiger partial charge is 0.354 e. The molecule has 0 bridgehead atoms. The minimum atomic E-state index is -0.177. The van der Waals surface area contributed by atoms with E-state index < -0.39 is 0 Å². The second kappa shape index (κ2) is 3.98. The third kappa shape index (κ3) is 2.24. The predicted octanol–water partition coefficient (Wildman–Crippen LogP) is 0.960. The van der Waals surface area contributed by atoms with Gasteiger partial charge in [-0.2, -0.15) is 0 Å². The summed E-state index contributed by atoms with van der Waals surface area (Å²) in [5.41, 5.74) is 1.30. The van der Waals surface area contributed by atoms with Gasteiger partial charge < -0.3 is 5.32 Å². The van der Waals surface area contributed by atoms with E-state index in [4.69, 9.17) is 0 Å². The molecule has 1 rings (SSSR count). The Balaban J connectivity index is 2.98. The molecule has 13 heavy (non-hydrogen) atoms. The van der Waals surface area contributed by atoms with E-state index in [2.05, 4.69) is 15.3 Å². The van der Waals surface area contributed by atoms with E-state index in [-0.39, 0.29) is 5.91 Å². The fourth-order valence-electron chi connectivity index (χ4n) is 0.940. The molecule has 1 N–H and O–H groups in total. The number of amides is 1. The molecule has 0 aliphatic heterocycles. The van der Waals surface area contributed by atoms with Crippen LogP contribution in [0.1, 0.15) is 35.9 Å². The molecule has 4 nitrogen and oxygen atoms in total. The zero-order chi connectivity index (χ0) is 9.84. The summed E-state index contributed by atoms with van der Waals surface area (Å²) in [4.78, 5) is 19.1. The van der Waals surface area contributed by atoms with Crippen LogP contribution in [0, 0.1) is 0 Å². The summed E-state index contributed by atoms with van der Waals surface area (Å²) in [6.45, 7) is 4.05. The lowest BCUT2D eigenvalue weighted by Crippen LogP contribution is -2.19. The van der Waals surface area contributed by atoms with Crippen LogP contribution in [0.4, 0.5) is 0 Å². The first-order valence-electron chi connectivity index (χ1n) is 4.19. The van der Waals surface area contributed by atoms with Crippen LogP contribution in [-0.2, 0) is 0 Å². The van der Waals surface area contributed by atoms with E-state index in [0.717, 1.165) is 5.69 Å². The van der Waals surface area contributed by atoms with Gasteiger partial charge in [-0.1, -0.05) is 13.8 Å². The van der Waals surface area contributed by atoms with Crippen LogP contribution in [-0.4, -0.2) is 22.9 Å². The average molecular weight is 179 g/mol. The van der Waals surface area contributed by atoms with Crippen molar-refractivity contribution in [3.8, 4) is 0 Å². The Labute approximate surface area is 77.4 Å². The van der Waals surface area contributed by atoms with Crippen molar-refractivity contribution >= 4 is 5.91 Å². The van der Waals surface area contributed by atoms with E-state index in [0.29, 0.717) is 11.6 Å². The summed E-state index contributed by atoms with van der Waals surface area (Å²) in [6.07, 6.45) is 1.42. The van der Waals surface area contributed by atoms with E-state index in [1.54, 1.807) is 13.1 Å². The van der Waals surface area contributed by atoms with Crippen molar-refractivity contribution in [2.24, 2.45) is 0 Å². The fourth-order valence-corrected chi connectivity index (χ4v) is 0.940. The van der Waals surface area contributed by atoms with Crippen molar-refractivity contribution in [3.63, 3.8) is 0 Å². The Morgan fingerprint density at radius 1 is 1.46 bits per heavy atom. The van der Waals surface area contributed by atoms with E-state index >= 15 is 0 Å². The molecule has 1 heterocycles. The highest BCUT2D eigenvalue weighted by atomic mass is 16.1. The summed E-state index contributed by atoms with van der Waals surface area (Å²) in [5, 5.41) is 2.52. The lowest BCUT2D eigenvalue weighted by molar-refractivity contribution is 0.0958. The highest BCUT2D eigenvalue weighted by molar-refractivity contribution is 5.91. The third-order valence-electron chi connectivity index (χ3n) is 1.74. The molecule has 0 unspecified atom stereocenters. The molecule has 4 heteroatoms. The Morgan fingerprint density at radius 2 is 2.15 bits per heavy atom. The average Bonchev–Trinajstić information content (AvgIpc) is 2.17. The van der Waals surface area contributed by atoms with Crippen molar-refractivity contribution < 1.29 is 4.79 Å². The summed E-state index contributed by atoms with van der Waals surface area (Å²) < 4.78 is 0. The van der Waals surface area contributed by atoms with Gasteiger partial charge in [0.05, 0.1) is 0 Å². The van der Waals surface area contributed by atoms with Crippen LogP contribution in [0.5, 0.6) is 0 Å². The summed E-state index contributed by atoms with van der Waals surface area (Å²) in [6, 6.07) is 1.71. The molecule has 1 aromatic rings. The Kier molecular flexibility index (Phi) is 2.95. The maximum absolute atomic E-state index is 11.2. The Hall–Kier alpha value is -1.45. The van der Waals surface area contributed by atoms with Gasteiger partial charge in [-0.25, -0.2) is 9.97 Å². The van der Waals surface area contributed by atoms with Gasteiger partial charge in [-0.05, 0) is 12.0 Å². The summed E-state index contributed by atoms with van der Waals surface area (Å²) in [7, 11) is 1.58. The van der Waals surface area contributed by atoms with Crippen molar-refractivity contribution in [3.05, 3.63) is 23.8 Å². The van der Waals surface area contributed by atoms with Crippen LogP contribution >= 0.6 is 0 Å². The molecule has 0 fully saturated rings. The van der Waals surface area contributed by atoms with Crippen LogP contribution in [0.15, 0.2) is 12.4 Å². The van der Waals surface area contributed by atoms with E-state index in [9.17, 15) is 4.79 Å². The molecule has 1 aromatic heterocycles. The molecule has 0 atom stereocenters. The van der Waals surface area contributed by atoms with Crippen LogP contribution in [0.3, 0.4) is 0 Å². The second-order valence-electron chi connectivity index (χ2n) is 3.06. The standard InChI is InChI=1S/C9H13N3O/c1-6(2)7-4-8(9(13)10-3)12-5-11-7/h4-6H,1-3H3,(H,10,13). The Bertz CT molecular complexity index is 309. The molecule has 0 saturated heterocycles. The van der Waals surface area contributed by atoms with Gasteiger partial charge in [0.2, 0.25) is 0 Å². The molecule has 0 aliphatic rings. The maximum Gasteiger partial charge on any atom is 0.269 e. The number of carbonyl (C=O) groups excluding carboxylic acids is 1. The quantitative estimate of drug-likeness (QED) is 0.735. The Morgan fingerprint density at radius 3 is 2.69 bits per heavy atom. The van der Waals surface area contributed by atoms with Crippen LogP contribution in [0.2, 0.25) is 0 Å². The first-order valence-corrected chi connectivity index (χ1v) is 4.19. The zero-order valence-electron chi connectivity index (χ0n) is 8.03. The summed E-state index contributed by atoms with van der Waals surface area (Å²) >= 11 is 0. The molecule has 70 valence electrons. The van der Waals surface area contributed by atoms with Crippen LogP contribution < -0.4 is 5.32 Å². The lowest BCUT2D eigenvalue weighted by Gasteiger charge is -2.04. The first kappa shape index (κ1) is 9.64. The number of nitrogens with zero attached hydrogens (tertiary/aromatic N) is 2. The number of rotatable bonds is 2. The molecular weight excluding hydrogens is 166 g/mol. The second-order valence-corrected chi connectivity index (χ2v) is 3.06. The molecule has 0 spiro atoms. The van der Waals surface area contributed by atoms with Gasteiger partial charge in [0.25, 0.3) is 5.91 Å². The minimum Gasteiger partial charge on any atom is -0.354 e. The van der Waals surface area contributed by atoms with Gasteiger partial charge >= 0.3 is 0 Å². The van der Waals surface area contributed by atoms with E-state index in [1.807, 2.05) is 13.8 Å². The molecule has 0 aromatic carbocycles. The molecule has 0 radical (unpaired) electrons. The topological polar surface area (TPSA) is 54.9 Å². The van der Waals surface area contributed by atoms with Gasteiger partial charge in [-0.15, -0.1) is 0 Å². The molecular formula is C9H13N3O. The first-order chi connectivity index (χ1) is 6.15. The highest BCUT2D eigenvalue weighted by Crippen LogP contribution is 2.10.